The van der Waals surface area contributed by atoms with Gasteiger partial charge in [-0.2, -0.15) is 0 Å². The Hall–Kier alpha value is -0.670. The lowest BCUT2D eigenvalue weighted by molar-refractivity contribution is -0.113. The number of alkyl halides is 1. The highest BCUT2D eigenvalue weighted by atomic mass is 35.5. The van der Waals surface area contributed by atoms with Crippen molar-refractivity contribution in [2.75, 3.05) is 16.9 Å². The quantitative estimate of drug-likeness (QED) is 0.635. The first-order valence-corrected chi connectivity index (χ1v) is 6.37. The fourth-order valence-electron chi connectivity index (χ4n) is 1.05. The zero-order chi connectivity index (χ0) is 11.1. The predicted octanol–water partition coefficient (Wildman–Crippen LogP) is 3.37. The molecular weight excluding hydrogens is 230 g/mol. The average molecular weight is 244 g/mol. The van der Waals surface area contributed by atoms with Gasteiger partial charge >= 0.3 is 0 Å². The van der Waals surface area contributed by atoms with Crippen LogP contribution in [0.15, 0.2) is 29.2 Å². The number of carbonyl (C=O) groups is 1. The smallest absolute Gasteiger partial charge is 0.239 e. The average Bonchev–Trinajstić information content (AvgIpc) is 2.28. The van der Waals surface area contributed by atoms with Gasteiger partial charge in [0.15, 0.2) is 0 Å². The summed E-state index contributed by atoms with van der Waals surface area (Å²) < 4.78 is 0. The standard InChI is InChI=1S/C11H14ClNOS/c1-2-7-15-10-5-3-9(4-6-10)13-11(14)8-12/h3-6H,2,7-8H2,1H3,(H,13,14). The molecule has 0 atom stereocenters. The van der Waals surface area contributed by atoms with Gasteiger partial charge < -0.3 is 5.32 Å². The zero-order valence-electron chi connectivity index (χ0n) is 8.63. The number of halogens is 1. The minimum absolute atomic E-state index is 0.00760. The van der Waals surface area contributed by atoms with Gasteiger partial charge in [0.1, 0.15) is 5.88 Å². The van der Waals surface area contributed by atoms with Crippen molar-refractivity contribution >= 4 is 35.0 Å². The van der Waals surface area contributed by atoms with E-state index in [1.54, 1.807) is 0 Å². The highest BCUT2D eigenvalue weighted by Gasteiger charge is 1.99. The van der Waals surface area contributed by atoms with Crippen LogP contribution in [0.1, 0.15) is 13.3 Å². The minimum atomic E-state index is -0.175. The summed E-state index contributed by atoms with van der Waals surface area (Å²) in [6, 6.07) is 7.79. The molecule has 0 heterocycles. The maximum absolute atomic E-state index is 11.0. The molecule has 82 valence electrons. The molecule has 0 unspecified atom stereocenters. The third-order valence-electron chi connectivity index (χ3n) is 1.73. The second-order valence-corrected chi connectivity index (χ2v) is 4.49. The van der Waals surface area contributed by atoms with Crippen LogP contribution in [-0.4, -0.2) is 17.5 Å². The van der Waals surface area contributed by atoms with Crippen LogP contribution in [0, 0.1) is 0 Å². The van der Waals surface area contributed by atoms with E-state index >= 15 is 0 Å². The Morgan fingerprint density at radius 1 is 1.40 bits per heavy atom. The number of amides is 1. The fraction of sp³-hybridized carbons (Fsp3) is 0.364. The maximum Gasteiger partial charge on any atom is 0.239 e. The second kappa shape index (κ2) is 6.75. The van der Waals surface area contributed by atoms with Crippen molar-refractivity contribution in [2.24, 2.45) is 0 Å². The van der Waals surface area contributed by atoms with E-state index in [0.717, 1.165) is 17.9 Å². The van der Waals surface area contributed by atoms with E-state index in [9.17, 15) is 4.79 Å². The number of nitrogens with one attached hydrogen (secondary N) is 1. The summed E-state index contributed by atoms with van der Waals surface area (Å²) in [5, 5.41) is 2.69. The highest BCUT2D eigenvalue weighted by Crippen LogP contribution is 2.20. The SMILES string of the molecule is CCCSc1ccc(NC(=O)CCl)cc1. The molecule has 1 aromatic rings. The Kier molecular flexibility index (Phi) is 5.58. The van der Waals surface area contributed by atoms with E-state index in [1.165, 1.54) is 4.90 Å². The van der Waals surface area contributed by atoms with E-state index in [1.807, 2.05) is 36.0 Å². The molecule has 4 heteroatoms. The number of benzene rings is 1. The first kappa shape index (κ1) is 12.4. The molecule has 0 aliphatic carbocycles. The summed E-state index contributed by atoms with van der Waals surface area (Å²) in [7, 11) is 0. The lowest BCUT2D eigenvalue weighted by Gasteiger charge is -2.04. The number of rotatable bonds is 5. The number of anilines is 1. The summed E-state index contributed by atoms with van der Waals surface area (Å²) in [5.41, 5.74) is 0.793. The lowest BCUT2D eigenvalue weighted by Crippen LogP contribution is -2.12. The van der Waals surface area contributed by atoms with Gasteiger partial charge in [-0.15, -0.1) is 23.4 Å². The van der Waals surface area contributed by atoms with Crippen LogP contribution in [-0.2, 0) is 4.79 Å². The molecule has 1 rings (SSSR count). The summed E-state index contributed by atoms with van der Waals surface area (Å²) in [6.07, 6.45) is 1.16. The van der Waals surface area contributed by atoms with Crippen molar-refractivity contribution in [1.82, 2.24) is 0 Å². The molecule has 0 bridgehead atoms. The Bertz CT molecular complexity index is 313. The van der Waals surface area contributed by atoms with Crippen LogP contribution in [0.4, 0.5) is 5.69 Å². The molecule has 1 aromatic carbocycles. The molecule has 0 saturated heterocycles. The van der Waals surface area contributed by atoms with Crippen LogP contribution < -0.4 is 5.32 Å². The van der Waals surface area contributed by atoms with E-state index in [0.29, 0.717) is 0 Å². The molecule has 1 N–H and O–H groups in total. The normalized spacial score (nSPS) is 10.0. The van der Waals surface area contributed by atoms with Crippen molar-refractivity contribution in [2.45, 2.75) is 18.2 Å². The first-order chi connectivity index (χ1) is 7.26. The van der Waals surface area contributed by atoms with Crippen LogP contribution in [0.2, 0.25) is 0 Å². The molecule has 1 amide bonds. The van der Waals surface area contributed by atoms with Crippen molar-refractivity contribution < 1.29 is 4.79 Å². The first-order valence-electron chi connectivity index (χ1n) is 4.85. The topological polar surface area (TPSA) is 29.1 Å². The van der Waals surface area contributed by atoms with Gasteiger partial charge in [0.2, 0.25) is 5.91 Å². The maximum atomic E-state index is 11.0. The Balaban J connectivity index is 2.52. The monoisotopic (exact) mass is 243 g/mol. The van der Waals surface area contributed by atoms with Gasteiger partial charge in [0.25, 0.3) is 0 Å². The summed E-state index contributed by atoms with van der Waals surface area (Å²) in [5.74, 6) is 0.935. The van der Waals surface area contributed by atoms with Gasteiger partial charge in [0, 0.05) is 10.6 Å². The Labute approximate surface area is 99.4 Å². The van der Waals surface area contributed by atoms with E-state index in [-0.39, 0.29) is 11.8 Å². The van der Waals surface area contributed by atoms with Gasteiger partial charge in [0.05, 0.1) is 0 Å². The molecule has 15 heavy (non-hydrogen) atoms. The Morgan fingerprint density at radius 3 is 2.60 bits per heavy atom. The zero-order valence-corrected chi connectivity index (χ0v) is 10.2. The number of carbonyl (C=O) groups excluding carboxylic acids is 1. The molecule has 0 spiro atoms. The third-order valence-corrected chi connectivity index (χ3v) is 3.19. The summed E-state index contributed by atoms with van der Waals surface area (Å²) in [4.78, 5) is 12.2. The van der Waals surface area contributed by atoms with Crippen LogP contribution in [0.25, 0.3) is 0 Å². The molecule has 0 fully saturated rings. The molecule has 0 aliphatic heterocycles. The number of thioether (sulfide) groups is 1. The van der Waals surface area contributed by atoms with Crippen molar-refractivity contribution in [3.8, 4) is 0 Å². The van der Waals surface area contributed by atoms with Crippen LogP contribution in [0.5, 0.6) is 0 Å². The summed E-state index contributed by atoms with van der Waals surface area (Å²) in [6.45, 7) is 2.15. The molecule has 0 saturated carbocycles. The van der Waals surface area contributed by atoms with Gasteiger partial charge in [-0.1, -0.05) is 6.92 Å². The second-order valence-electron chi connectivity index (χ2n) is 3.05. The molecule has 0 radical (unpaired) electrons. The van der Waals surface area contributed by atoms with E-state index in [4.69, 9.17) is 11.6 Å². The number of hydrogen-bond acceptors (Lipinski definition) is 2. The van der Waals surface area contributed by atoms with E-state index < -0.39 is 0 Å². The van der Waals surface area contributed by atoms with Crippen molar-refractivity contribution in [3.63, 3.8) is 0 Å². The third kappa shape index (κ3) is 4.58. The van der Waals surface area contributed by atoms with Gasteiger partial charge in [-0.05, 0) is 36.4 Å². The Morgan fingerprint density at radius 2 is 2.07 bits per heavy atom. The molecule has 0 aliphatic rings. The van der Waals surface area contributed by atoms with Gasteiger partial charge in [-0.3, -0.25) is 4.79 Å². The lowest BCUT2D eigenvalue weighted by atomic mass is 10.3. The van der Waals surface area contributed by atoms with Gasteiger partial charge in [-0.25, -0.2) is 0 Å². The summed E-state index contributed by atoms with van der Waals surface area (Å²) >= 11 is 7.20. The van der Waals surface area contributed by atoms with Crippen molar-refractivity contribution in [3.05, 3.63) is 24.3 Å². The van der Waals surface area contributed by atoms with E-state index in [2.05, 4.69) is 12.2 Å². The highest BCUT2D eigenvalue weighted by molar-refractivity contribution is 7.99. The predicted molar refractivity (Wildman–Crippen MR) is 66.8 cm³/mol. The minimum Gasteiger partial charge on any atom is -0.325 e. The molecule has 2 nitrogen and oxygen atoms in total. The fourth-order valence-corrected chi connectivity index (χ4v) is 1.88. The largest absolute Gasteiger partial charge is 0.325 e. The number of hydrogen-bond donors (Lipinski definition) is 1. The van der Waals surface area contributed by atoms with Crippen LogP contribution >= 0.6 is 23.4 Å². The van der Waals surface area contributed by atoms with Crippen LogP contribution in [0.3, 0.4) is 0 Å². The van der Waals surface area contributed by atoms with Crippen molar-refractivity contribution in [1.29, 1.82) is 0 Å². The molecule has 0 aromatic heterocycles. The molecular formula is C11H14ClNOS.